The van der Waals surface area contributed by atoms with Crippen molar-refractivity contribution in [1.82, 2.24) is 4.90 Å². The molecule has 9 nitrogen and oxygen atoms in total. The Balaban J connectivity index is 1.41. The summed E-state index contributed by atoms with van der Waals surface area (Å²) < 4.78 is 9.63. The molecule has 2 bridgehead atoms. The molecule has 10 heteroatoms. The third kappa shape index (κ3) is 5.58. The number of benzene rings is 2. The Morgan fingerprint density at radius 2 is 1.57 bits per heavy atom. The number of aliphatic hydroxyl groups excluding tert-OH is 1. The van der Waals surface area contributed by atoms with E-state index in [1.165, 1.54) is 0 Å². The summed E-state index contributed by atoms with van der Waals surface area (Å²) in [7, 11) is 1.59. The van der Waals surface area contributed by atoms with Gasteiger partial charge in [0.15, 0.2) is 0 Å². The Morgan fingerprint density at radius 3 is 2.19 bits per heavy atom. The molecule has 3 saturated heterocycles. The standard InChI is InChI=1S/C32H41N3O6S/c1-4-41-24-15-11-21(12-16-24)33-28(37)25-26-30(39)35(19-7-5-6-8-20-36)27(32(26)18-17-31(25,2)42-32)29(38)34-22-9-13-23(40-3)14-10-22/h9-16,25-27,36H,4-8,17-20H2,1-3H3,(H,33,37)(H,34,38)/t25-,26-,27?,31+,32?/m0/s1. The third-order valence-corrected chi connectivity index (χ3v) is 10.9. The number of aliphatic hydroxyl groups is 1. The van der Waals surface area contributed by atoms with Crippen molar-refractivity contribution in [3.8, 4) is 11.5 Å². The Hall–Kier alpha value is -3.24. The second-order valence-corrected chi connectivity index (χ2v) is 13.5. The van der Waals surface area contributed by atoms with E-state index in [2.05, 4.69) is 17.6 Å². The van der Waals surface area contributed by atoms with Crippen molar-refractivity contribution in [3.63, 3.8) is 0 Å². The zero-order valence-corrected chi connectivity index (χ0v) is 25.4. The molecular weight excluding hydrogens is 554 g/mol. The van der Waals surface area contributed by atoms with Crippen molar-refractivity contribution in [2.24, 2.45) is 11.8 Å². The maximum Gasteiger partial charge on any atom is 0.248 e. The van der Waals surface area contributed by atoms with Crippen LogP contribution in [0.3, 0.4) is 0 Å². The number of carbonyl (C=O) groups excluding carboxylic acids is 3. The summed E-state index contributed by atoms with van der Waals surface area (Å²) in [6.07, 6.45) is 4.59. The van der Waals surface area contributed by atoms with E-state index in [1.54, 1.807) is 48.0 Å². The molecule has 3 aliphatic rings. The number of nitrogens with one attached hydrogen (secondary N) is 2. The molecular formula is C32H41N3O6S. The summed E-state index contributed by atoms with van der Waals surface area (Å²) in [5.41, 5.74) is 1.28. The normalized spacial score (nSPS) is 27.6. The first-order valence-electron chi connectivity index (χ1n) is 14.9. The average molecular weight is 596 g/mol. The first kappa shape index (κ1) is 30.2. The molecule has 2 unspecified atom stereocenters. The van der Waals surface area contributed by atoms with Gasteiger partial charge in [-0.3, -0.25) is 14.4 Å². The summed E-state index contributed by atoms with van der Waals surface area (Å²) in [4.78, 5) is 43.9. The number of fused-ring (bicyclic) bond motifs is 1. The Kier molecular flexibility index (Phi) is 9.03. The van der Waals surface area contributed by atoms with E-state index in [0.29, 0.717) is 43.1 Å². The largest absolute Gasteiger partial charge is 0.497 e. The molecule has 0 radical (unpaired) electrons. The first-order chi connectivity index (χ1) is 20.3. The average Bonchev–Trinajstić information content (AvgIpc) is 3.55. The van der Waals surface area contributed by atoms with Crippen LogP contribution in [-0.2, 0) is 14.4 Å². The van der Waals surface area contributed by atoms with E-state index in [-0.39, 0.29) is 24.3 Å². The number of anilines is 2. The molecule has 3 amide bonds. The quantitative estimate of drug-likeness (QED) is 0.287. The molecule has 2 aromatic rings. The number of thioether (sulfide) groups is 1. The number of hydrogen-bond acceptors (Lipinski definition) is 7. The van der Waals surface area contributed by atoms with E-state index in [0.717, 1.165) is 31.4 Å². The van der Waals surface area contributed by atoms with Gasteiger partial charge < -0.3 is 30.1 Å². The number of likely N-dealkylation sites (tertiary alicyclic amines) is 1. The lowest BCUT2D eigenvalue weighted by molar-refractivity contribution is -0.139. The minimum absolute atomic E-state index is 0.116. The molecule has 2 aromatic carbocycles. The van der Waals surface area contributed by atoms with Crippen LogP contribution < -0.4 is 20.1 Å². The summed E-state index contributed by atoms with van der Waals surface area (Å²) in [6, 6.07) is 13.7. The van der Waals surface area contributed by atoms with Gasteiger partial charge in [-0.2, -0.15) is 0 Å². The fraction of sp³-hybridized carbons (Fsp3) is 0.531. The van der Waals surface area contributed by atoms with Crippen molar-refractivity contribution in [1.29, 1.82) is 0 Å². The van der Waals surface area contributed by atoms with Crippen LogP contribution in [0.1, 0.15) is 52.4 Å². The minimum atomic E-state index is -0.690. The molecule has 3 heterocycles. The number of carbonyl (C=O) groups is 3. The van der Waals surface area contributed by atoms with Gasteiger partial charge in [0.25, 0.3) is 0 Å². The number of nitrogens with zero attached hydrogens (tertiary/aromatic N) is 1. The number of unbranched alkanes of at least 4 members (excludes halogenated alkanes) is 3. The topological polar surface area (TPSA) is 117 Å². The molecule has 42 heavy (non-hydrogen) atoms. The third-order valence-electron chi connectivity index (χ3n) is 8.90. The molecule has 1 spiro atoms. The van der Waals surface area contributed by atoms with Crippen molar-refractivity contribution in [2.45, 2.75) is 67.9 Å². The number of rotatable bonds is 13. The lowest BCUT2D eigenvalue weighted by Gasteiger charge is -2.34. The Morgan fingerprint density at radius 1 is 0.952 bits per heavy atom. The van der Waals surface area contributed by atoms with Crippen molar-refractivity contribution in [3.05, 3.63) is 48.5 Å². The highest BCUT2D eigenvalue weighted by molar-refractivity contribution is 8.02. The van der Waals surface area contributed by atoms with E-state index in [1.807, 2.05) is 31.2 Å². The fourth-order valence-electron chi connectivity index (χ4n) is 7.02. The van der Waals surface area contributed by atoms with Gasteiger partial charge in [-0.1, -0.05) is 12.8 Å². The number of hydrogen-bond donors (Lipinski definition) is 3. The molecule has 5 atom stereocenters. The highest BCUT2D eigenvalue weighted by atomic mass is 32.2. The Bertz CT molecular complexity index is 1290. The van der Waals surface area contributed by atoms with Crippen LogP contribution in [0.25, 0.3) is 0 Å². The molecule has 5 rings (SSSR count). The van der Waals surface area contributed by atoms with Gasteiger partial charge in [-0.15, -0.1) is 11.8 Å². The van der Waals surface area contributed by atoms with Gasteiger partial charge in [0, 0.05) is 29.3 Å². The van der Waals surface area contributed by atoms with E-state index in [4.69, 9.17) is 14.6 Å². The smallest absolute Gasteiger partial charge is 0.248 e. The van der Waals surface area contributed by atoms with Crippen molar-refractivity contribution >= 4 is 40.9 Å². The monoisotopic (exact) mass is 595 g/mol. The number of ether oxygens (including phenoxy) is 2. The lowest BCUT2D eigenvalue weighted by atomic mass is 9.66. The van der Waals surface area contributed by atoms with Crippen molar-refractivity contribution in [2.75, 3.05) is 37.5 Å². The summed E-state index contributed by atoms with van der Waals surface area (Å²) in [6.45, 7) is 5.12. The highest BCUT2D eigenvalue weighted by Gasteiger charge is 2.77. The maximum absolute atomic E-state index is 14.2. The molecule has 0 aromatic heterocycles. The van der Waals surface area contributed by atoms with E-state index in [9.17, 15) is 14.4 Å². The van der Waals surface area contributed by atoms with Gasteiger partial charge in [0.05, 0.1) is 30.3 Å². The molecule has 3 fully saturated rings. The van der Waals surface area contributed by atoms with E-state index < -0.39 is 27.4 Å². The van der Waals surface area contributed by atoms with Crippen LogP contribution in [-0.4, -0.2) is 70.1 Å². The second-order valence-electron chi connectivity index (χ2n) is 11.6. The fourth-order valence-corrected chi connectivity index (χ4v) is 9.38. The molecule has 3 N–H and O–H groups in total. The van der Waals surface area contributed by atoms with Crippen LogP contribution in [0.4, 0.5) is 11.4 Å². The SMILES string of the molecule is CCOc1ccc(NC(=O)[C@@H]2[C@H]3C(=O)N(CCCCCCO)C(C(=O)Nc4ccc(OC)cc4)C34CC[C@@]2(C)S4)cc1. The molecule has 226 valence electrons. The van der Waals surface area contributed by atoms with Gasteiger partial charge in [0.1, 0.15) is 17.5 Å². The van der Waals surface area contributed by atoms with Crippen LogP contribution >= 0.6 is 11.8 Å². The van der Waals surface area contributed by atoms with Crippen LogP contribution in [0.15, 0.2) is 48.5 Å². The van der Waals surface area contributed by atoms with Crippen molar-refractivity contribution < 1.29 is 29.0 Å². The number of methoxy groups -OCH3 is 1. The van der Waals surface area contributed by atoms with Gasteiger partial charge in [0.2, 0.25) is 17.7 Å². The van der Waals surface area contributed by atoms with Gasteiger partial charge in [-0.05, 0) is 88.1 Å². The van der Waals surface area contributed by atoms with Crippen LogP contribution in [0, 0.1) is 11.8 Å². The second kappa shape index (κ2) is 12.6. The predicted octanol–water partition coefficient (Wildman–Crippen LogP) is 4.71. The summed E-state index contributed by atoms with van der Waals surface area (Å²) in [5.74, 6) is -0.271. The van der Waals surface area contributed by atoms with Crippen LogP contribution in [0.2, 0.25) is 0 Å². The predicted molar refractivity (Wildman–Crippen MR) is 164 cm³/mol. The highest BCUT2D eigenvalue weighted by Crippen LogP contribution is 2.71. The van der Waals surface area contributed by atoms with Gasteiger partial charge in [-0.25, -0.2) is 0 Å². The zero-order valence-electron chi connectivity index (χ0n) is 24.6. The first-order valence-corrected chi connectivity index (χ1v) is 15.7. The molecule has 0 aliphatic carbocycles. The van der Waals surface area contributed by atoms with Gasteiger partial charge >= 0.3 is 0 Å². The Labute approximate surface area is 251 Å². The van der Waals surface area contributed by atoms with Crippen LogP contribution in [0.5, 0.6) is 11.5 Å². The molecule has 0 saturated carbocycles. The minimum Gasteiger partial charge on any atom is -0.497 e. The molecule has 3 aliphatic heterocycles. The zero-order chi connectivity index (χ0) is 29.9. The lowest BCUT2D eigenvalue weighted by Crippen LogP contribution is -2.51. The van der Waals surface area contributed by atoms with E-state index >= 15 is 0 Å². The number of amides is 3. The summed E-state index contributed by atoms with van der Waals surface area (Å²) in [5, 5.41) is 15.3. The maximum atomic E-state index is 14.2. The summed E-state index contributed by atoms with van der Waals surface area (Å²) >= 11 is 1.66.